The molecule has 15 heteroatoms. The number of amides is 1. The lowest BCUT2D eigenvalue weighted by molar-refractivity contribution is 0.176. The second kappa shape index (κ2) is 13.9. The molecule has 3 N–H and O–H groups in total. The Balaban J connectivity index is 1.62. The van der Waals surface area contributed by atoms with Crippen molar-refractivity contribution >= 4 is 39.1 Å². The van der Waals surface area contributed by atoms with Crippen LogP contribution in [0.15, 0.2) is 65.4 Å². The topological polar surface area (TPSA) is 135 Å². The molecule has 0 unspecified atom stereocenters. The van der Waals surface area contributed by atoms with Gasteiger partial charge in [0.25, 0.3) is 10.0 Å². The number of rotatable bonds is 11. The number of halogens is 3. The zero-order valence-electron chi connectivity index (χ0n) is 24.1. The van der Waals surface area contributed by atoms with Gasteiger partial charge in [0.05, 0.1) is 27.0 Å². The average Bonchev–Trinajstić information content (AvgIpc) is 3.43. The Kier molecular flexibility index (Phi) is 10.2. The van der Waals surface area contributed by atoms with Crippen molar-refractivity contribution in [2.24, 2.45) is 0 Å². The summed E-state index contributed by atoms with van der Waals surface area (Å²) in [4.78, 5) is 24.7. The average molecular weight is 647 g/mol. The van der Waals surface area contributed by atoms with Crippen LogP contribution in [-0.2, 0) is 14.8 Å². The van der Waals surface area contributed by atoms with Crippen LogP contribution in [0.2, 0.25) is 0 Å². The molecule has 4 rings (SSSR count). The Hall–Kier alpha value is -4.50. The minimum Gasteiger partial charge on any atom is -0.416 e. The number of allylic oxidation sites excluding steroid dienone is 2. The van der Waals surface area contributed by atoms with Crippen molar-refractivity contribution in [3.8, 4) is 21.8 Å². The summed E-state index contributed by atoms with van der Waals surface area (Å²) in [6.07, 6.45) is 2.57. The summed E-state index contributed by atoms with van der Waals surface area (Å²) in [7, 11) is -4.68. The van der Waals surface area contributed by atoms with E-state index in [2.05, 4.69) is 25.6 Å². The molecule has 2 aromatic carbocycles. The molecule has 2 aromatic heterocycles. The normalized spacial score (nSPS) is 11.9. The Labute approximate surface area is 256 Å². The third-order valence-corrected chi connectivity index (χ3v) is 8.80. The molecule has 0 saturated carbocycles. The highest BCUT2D eigenvalue weighted by Crippen LogP contribution is 2.40. The number of carbonyl (C=O) groups is 1. The van der Waals surface area contributed by atoms with E-state index >= 15 is 4.39 Å². The van der Waals surface area contributed by atoms with Crippen LogP contribution in [0, 0.1) is 17.5 Å². The summed E-state index contributed by atoms with van der Waals surface area (Å²) in [5.41, 5.74) is 0.125. The van der Waals surface area contributed by atoms with Crippen LogP contribution in [0.25, 0.3) is 21.8 Å². The maximum absolute atomic E-state index is 15.9. The molecule has 4 aromatic rings. The van der Waals surface area contributed by atoms with Gasteiger partial charge >= 0.3 is 6.09 Å². The van der Waals surface area contributed by atoms with E-state index in [1.165, 1.54) is 35.7 Å². The number of anilines is 2. The van der Waals surface area contributed by atoms with Crippen LogP contribution < -0.4 is 15.4 Å². The summed E-state index contributed by atoms with van der Waals surface area (Å²) >= 11 is 1.29. The second-order valence-electron chi connectivity index (χ2n) is 9.64. The van der Waals surface area contributed by atoms with Gasteiger partial charge in [-0.1, -0.05) is 19.9 Å². The van der Waals surface area contributed by atoms with E-state index in [9.17, 15) is 22.0 Å². The monoisotopic (exact) mass is 646 g/mol. The Morgan fingerprint density at radius 3 is 2.59 bits per heavy atom. The van der Waals surface area contributed by atoms with Gasteiger partial charge in [-0.3, -0.25) is 4.72 Å². The van der Waals surface area contributed by atoms with Crippen molar-refractivity contribution < 1.29 is 31.1 Å². The first kappa shape index (κ1) is 32.4. The third-order valence-electron chi connectivity index (χ3n) is 6.04. The molecule has 0 aliphatic heterocycles. The zero-order chi connectivity index (χ0) is 32.0. The number of ether oxygens (including phenoxy) is 1. The molecule has 0 atom stereocenters. The van der Waals surface area contributed by atoms with Crippen molar-refractivity contribution in [1.82, 2.24) is 20.3 Å². The second-order valence-corrected chi connectivity index (χ2v) is 12.3. The van der Waals surface area contributed by atoms with Crippen molar-refractivity contribution in [3.05, 3.63) is 83.0 Å². The van der Waals surface area contributed by atoms with E-state index in [1.807, 2.05) is 18.6 Å². The number of hydrogen-bond acceptors (Lipinski definition) is 9. The number of carbonyl (C=O) groups excluding carboxylic acids is 1. The van der Waals surface area contributed by atoms with Crippen LogP contribution in [0.5, 0.6) is 0 Å². The van der Waals surface area contributed by atoms with E-state index < -0.39 is 44.2 Å². The summed E-state index contributed by atoms with van der Waals surface area (Å²) in [5.74, 6) is -2.44. The largest absolute Gasteiger partial charge is 0.416 e. The van der Waals surface area contributed by atoms with E-state index in [0.717, 1.165) is 6.07 Å². The van der Waals surface area contributed by atoms with Crippen molar-refractivity contribution in [2.75, 3.05) is 23.1 Å². The van der Waals surface area contributed by atoms with Gasteiger partial charge in [0, 0.05) is 30.8 Å². The zero-order valence-corrected chi connectivity index (χ0v) is 25.7. The lowest BCUT2D eigenvalue weighted by atomic mass is 10.1. The number of alkyl carbamates (subject to hydrolysis) is 1. The van der Waals surface area contributed by atoms with Crippen molar-refractivity contribution in [1.29, 1.82) is 0 Å². The van der Waals surface area contributed by atoms with E-state index in [4.69, 9.17) is 4.74 Å². The number of thiazole rings is 1. The highest BCUT2D eigenvalue weighted by atomic mass is 32.2. The van der Waals surface area contributed by atoms with Crippen molar-refractivity contribution in [2.45, 2.75) is 38.5 Å². The lowest BCUT2D eigenvalue weighted by Crippen LogP contribution is -2.29. The maximum Gasteiger partial charge on any atom is 0.412 e. The highest BCUT2D eigenvalue weighted by molar-refractivity contribution is 7.92. The van der Waals surface area contributed by atoms with E-state index in [-0.39, 0.29) is 36.2 Å². The van der Waals surface area contributed by atoms with Crippen LogP contribution in [0.3, 0.4) is 0 Å². The van der Waals surface area contributed by atoms with Gasteiger partial charge in [0.15, 0.2) is 5.82 Å². The molecule has 10 nitrogen and oxygen atoms in total. The van der Waals surface area contributed by atoms with Crippen LogP contribution in [0.4, 0.5) is 29.6 Å². The number of sulfonamides is 1. The molecule has 2 heterocycles. The number of benzene rings is 2. The van der Waals surface area contributed by atoms with Crippen LogP contribution in [0.1, 0.15) is 38.6 Å². The van der Waals surface area contributed by atoms with Gasteiger partial charge in [0.1, 0.15) is 22.3 Å². The molecule has 1 amide bonds. The van der Waals surface area contributed by atoms with Gasteiger partial charge < -0.3 is 15.4 Å². The quantitative estimate of drug-likeness (QED) is 0.122. The molecule has 0 aliphatic carbocycles. The third kappa shape index (κ3) is 7.71. The van der Waals surface area contributed by atoms with Gasteiger partial charge in [-0.25, -0.2) is 41.3 Å². The Bertz CT molecular complexity index is 1810. The van der Waals surface area contributed by atoms with Gasteiger partial charge in [-0.2, -0.15) is 0 Å². The summed E-state index contributed by atoms with van der Waals surface area (Å²) < 4.78 is 76.6. The molecule has 0 spiro atoms. The van der Waals surface area contributed by atoms with Crippen LogP contribution >= 0.6 is 11.3 Å². The number of nitrogens with one attached hydrogen (secondary N) is 3. The minimum atomic E-state index is -4.68. The highest BCUT2D eigenvalue weighted by Gasteiger charge is 2.25. The summed E-state index contributed by atoms with van der Waals surface area (Å²) in [5, 5.41) is 6.28. The summed E-state index contributed by atoms with van der Waals surface area (Å²) in [6, 6.07) is 7.60. The molecule has 232 valence electrons. The standard InChI is InChI=1S/C29H29F3N6O4S2/c1-5-17(4)42-29(39)35-14-13-34-28-33-12-11-22(36-28)26-25(37-27(43-26)16(2)3)19-7-6-8-21(24(19)32)38-44(40,41)23-15-18(30)9-10-20(23)31/h5-12,15-16,38H,13-14H2,1-4H3,(H,35,39)(H,33,34,36)/b17-5+. The molecular formula is C29H29F3N6O4S2. The minimum absolute atomic E-state index is 0.0235. The predicted molar refractivity (Wildman–Crippen MR) is 162 cm³/mol. The first-order valence-electron chi connectivity index (χ1n) is 13.3. The van der Waals surface area contributed by atoms with Gasteiger partial charge in [-0.05, 0) is 56.3 Å². The SMILES string of the molecule is C/C=C(\C)OC(=O)NCCNc1nccc(-c2sc(C(C)C)nc2-c2cccc(NS(=O)(=O)c3cc(F)ccc3F)c2F)n1. The molecule has 0 bridgehead atoms. The van der Waals surface area contributed by atoms with Gasteiger partial charge in [-0.15, -0.1) is 11.3 Å². The first-order valence-corrected chi connectivity index (χ1v) is 15.6. The number of aromatic nitrogens is 3. The fourth-order valence-electron chi connectivity index (χ4n) is 3.77. The fraction of sp³-hybridized carbons (Fsp3) is 0.241. The first-order chi connectivity index (χ1) is 20.9. The summed E-state index contributed by atoms with van der Waals surface area (Å²) in [6.45, 7) is 7.75. The molecule has 0 fully saturated rings. The Morgan fingerprint density at radius 1 is 1.09 bits per heavy atom. The lowest BCUT2D eigenvalue weighted by Gasteiger charge is -2.12. The molecule has 0 aliphatic rings. The van der Waals surface area contributed by atoms with Crippen molar-refractivity contribution in [3.63, 3.8) is 0 Å². The predicted octanol–water partition coefficient (Wildman–Crippen LogP) is 6.67. The number of hydrogen-bond donors (Lipinski definition) is 3. The number of nitrogens with zero attached hydrogens (tertiary/aromatic N) is 3. The molecule has 0 radical (unpaired) electrons. The Morgan fingerprint density at radius 2 is 1.86 bits per heavy atom. The maximum atomic E-state index is 15.9. The smallest absolute Gasteiger partial charge is 0.412 e. The van der Waals surface area contributed by atoms with E-state index in [1.54, 1.807) is 26.0 Å². The fourth-order valence-corrected chi connectivity index (χ4v) is 5.97. The molecule has 0 saturated heterocycles. The van der Waals surface area contributed by atoms with E-state index in [0.29, 0.717) is 33.5 Å². The van der Waals surface area contributed by atoms with Gasteiger partial charge in [0.2, 0.25) is 5.95 Å². The van der Waals surface area contributed by atoms with Crippen LogP contribution in [-0.4, -0.2) is 42.6 Å². The molecule has 44 heavy (non-hydrogen) atoms. The molecular weight excluding hydrogens is 617 g/mol.